The number of hydrogen-bond donors (Lipinski definition) is 1. The van der Waals surface area contributed by atoms with Crippen LogP contribution in [0.4, 0.5) is 5.82 Å². The van der Waals surface area contributed by atoms with Crippen molar-refractivity contribution in [2.75, 3.05) is 11.9 Å². The molecule has 2 rings (SSSR count). The third kappa shape index (κ3) is 5.10. The van der Waals surface area contributed by atoms with Crippen molar-refractivity contribution in [3.63, 3.8) is 0 Å². The van der Waals surface area contributed by atoms with Gasteiger partial charge in [0.05, 0.1) is 16.3 Å². The van der Waals surface area contributed by atoms with Gasteiger partial charge < -0.3 is 10.2 Å². The van der Waals surface area contributed by atoms with Gasteiger partial charge in [-0.2, -0.15) is 5.10 Å². The minimum atomic E-state index is -0.285. The predicted octanol–water partition coefficient (Wildman–Crippen LogP) is 3.86. The fraction of sp³-hybridized carbons (Fsp3) is 0.450. The van der Waals surface area contributed by atoms with Crippen molar-refractivity contribution in [3.05, 3.63) is 46.6 Å². The van der Waals surface area contributed by atoms with Crippen LogP contribution in [0.3, 0.4) is 0 Å². The van der Waals surface area contributed by atoms with E-state index in [0.29, 0.717) is 16.4 Å². The summed E-state index contributed by atoms with van der Waals surface area (Å²) >= 11 is 6.14. The maximum Gasteiger partial charge on any atom is 0.256 e. The number of halogens is 1. The van der Waals surface area contributed by atoms with Crippen LogP contribution in [0.2, 0.25) is 5.02 Å². The maximum absolute atomic E-state index is 12.8. The average molecular weight is 391 g/mol. The summed E-state index contributed by atoms with van der Waals surface area (Å²) in [4.78, 5) is 26.9. The van der Waals surface area contributed by atoms with Crippen LogP contribution < -0.4 is 5.32 Å². The van der Waals surface area contributed by atoms with Crippen molar-refractivity contribution in [1.29, 1.82) is 0 Å². The predicted molar refractivity (Wildman–Crippen MR) is 108 cm³/mol. The summed E-state index contributed by atoms with van der Waals surface area (Å²) in [7, 11) is 1.78. The Hall–Kier alpha value is -2.34. The molecule has 0 fully saturated rings. The minimum absolute atomic E-state index is 0.0717. The molecule has 0 saturated heterocycles. The van der Waals surface area contributed by atoms with Gasteiger partial charge in [0.1, 0.15) is 12.4 Å². The Kier molecular flexibility index (Phi) is 6.31. The maximum atomic E-state index is 12.8. The molecule has 2 aromatic rings. The SMILES string of the molecule is CC(C)N(CC(=O)Nc1cc(C(C)(C)C)nn1C)C(=O)c1ccccc1Cl. The normalized spacial score (nSPS) is 11.6. The quantitative estimate of drug-likeness (QED) is 0.842. The van der Waals surface area contributed by atoms with Gasteiger partial charge in [0, 0.05) is 24.6 Å². The first kappa shape index (κ1) is 21.0. The first-order chi connectivity index (χ1) is 12.5. The van der Waals surface area contributed by atoms with Gasteiger partial charge in [-0.15, -0.1) is 0 Å². The van der Waals surface area contributed by atoms with Crippen molar-refractivity contribution in [2.24, 2.45) is 7.05 Å². The van der Waals surface area contributed by atoms with Crippen molar-refractivity contribution in [2.45, 2.75) is 46.1 Å². The number of carbonyl (C=O) groups is 2. The van der Waals surface area contributed by atoms with Crippen molar-refractivity contribution < 1.29 is 9.59 Å². The van der Waals surface area contributed by atoms with Gasteiger partial charge in [0.25, 0.3) is 5.91 Å². The van der Waals surface area contributed by atoms with Crippen molar-refractivity contribution in [1.82, 2.24) is 14.7 Å². The Balaban J connectivity index is 2.15. The molecule has 2 amide bonds. The van der Waals surface area contributed by atoms with Crippen LogP contribution in [0.1, 0.15) is 50.7 Å². The second-order valence-electron chi connectivity index (χ2n) is 7.84. The molecule has 0 unspecified atom stereocenters. The zero-order valence-corrected chi connectivity index (χ0v) is 17.5. The third-order valence-electron chi connectivity index (χ3n) is 4.22. The summed E-state index contributed by atoms with van der Waals surface area (Å²) in [5.41, 5.74) is 1.15. The van der Waals surface area contributed by atoms with Crippen molar-refractivity contribution in [3.8, 4) is 0 Å². The molecule has 7 heteroatoms. The van der Waals surface area contributed by atoms with Crippen molar-refractivity contribution >= 4 is 29.2 Å². The highest BCUT2D eigenvalue weighted by Crippen LogP contribution is 2.23. The van der Waals surface area contributed by atoms with Crippen LogP contribution >= 0.6 is 11.6 Å². The van der Waals surface area contributed by atoms with Gasteiger partial charge in [0.2, 0.25) is 5.91 Å². The molecule has 0 saturated carbocycles. The molecule has 0 aliphatic heterocycles. The van der Waals surface area contributed by atoms with E-state index in [1.807, 2.05) is 19.9 Å². The number of hydrogen-bond acceptors (Lipinski definition) is 3. The fourth-order valence-electron chi connectivity index (χ4n) is 2.57. The van der Waals surface area contributed by atoms with Crippen LogP contribution in [0.15, 0.2) is 30.3 Å². The number of amides is 2. The van der Waals surface area contributed by atoms with Crippen LogP contribution in [0, 0.1) is 0 Å². The summed E-state index contributed by atoms with van der Waals surface area (Å²) in [6.07, 6.45) is 0. The standard InChI is InChI=1S/C20H27ClN4O2/c1-13(2)25(19(27)14-9-7-8-10-15(14)21)12-18(26)22-17-11-16(20(3,4)5)23-24(17)6/h7-11,13H,12H2,1-6H3,(H,22,26). The van der Waals surface area contributed by atoms with Gasteiger partial charge in [0.15, 0.2) is 0 Å². The van der Waals surface area contributed by atoms with E-state index >= 15 is 0 Å². The number of carbonyl (C=O) groups excluding carboxylic acids is 2. The second kappa shape index (κ2) is 8.13. The Morgan fingerprint density at radius 3 is 2.41 bits per heavy atom. The van der Waals surface area contributed by atoms with Gasteiger partial charge in [-0.3, -0.25) is 14.3 Å². The molecule has 0 bridgehead atoms. The number of aryl methyl sites for hydroxylation is 1. The number of nitrogens with one attached hydrogen (secondary N) is 1. The summed E-state index contributed by atoms with van der Waals surface area (Å²) in [6, 6.07) is 8.54. The topological polar surface area (TPSA) is 67.2 Å². The lowest BCUT2D eigenvalue weighted by molar-refractivity contribution is -0.117. The van der Waals surface area contributed by atoms with Gasteiger partial charge in [-0.05, 0) is 26.0 Å². The molecule has 0 aliphatic rings. The first-order valence-electron chi connectivity index (χ1n) is 8.90. The highest BCUT2D eigenvalue weighted by molar-refractivity contribution is 6.33. The van der Waals surface area contributed by atoms with Crippen LogP contribution in [0.5, 0.6) is 0 Å². The minimum Gasteiger partial charge on any atom is -0.327 e. The number of anilines is 1. The number of rotatable bonds is 5. The van der Waals surface area contributed by atoms with Gasteiger partial charge in [-0.25, -0.2) is 0 Å². The van der Waals surface area contributed by atoms with Gasteiger partial charge >= 0.3 is 0 Å². The number of nitrogens with zero attached hydrogens (tertiary/aromatic N) is 3. The van der Waals surface area contributed by atoms with E-state index in [0.717, 1.165) is 5.69 Å². The van der Waals surface area contributed by atoms with Gasteiger partial charge in [-0.1, -0.05) is 44.5 Å². The molecule has 1 aromatic carbocycles. The molecule has 1 aromatic heterocycles. The highest BCUT2D eigenvalue weighted by atomic mass is 35.5. The Bertz CT molecular complexity index is 837. The molecule has 0 aliphatic carbocycles. The molecule has 1 heterocycles. The summed E-state index contributed by atoms with van der Waals surface area (Å²) < 4.78 is 1.63. The number of aromatic nitrogens is 2. The molecular weight excluding hydrogens is 364 g/mol. The highest BCUT2D eigenvalue weighted by Gasteiger charge is 2.24. The molecule has 0 atom stereocenters. The molecule has 6 nitrogen and oxygen atoms in total. The average Bonchev–Trinajstić information content (AvgIpc) is 2.93. The summed E-state index contributed by atoms with van der Waals surface area (Å²) in [5.74, 6) is 0.0394. The van der Waals surface area contributed by atoms with Crippen LogP contribution in [0.25, 0.3) is 0 Å². The Morgan fingerprint density at radius 1 is 1.26 bits per heavy atom. The zero-order chi connectivity index (χ0) is 20.4. The molecule has 0 spiro atoms. The zero-order valence-electron chi connectivity index (χ0n) is 16.7. The summed E-state index contributed by atoms with van der Waals surface area (Å²) in [6.45, 7) is 9.84. The van der Waals surface area contributed by atoms with E-state index in [9.17, 15) is 9.59 Å². The molecule has 146 valence electrons. The smallest absolute Gasteiger partial charge is 0.256 e. The van der Waals surface area contributed by atoms with E-state index in [1.54, 1.807) is 36.0 Å². The lowest BCUT2D eigenvalue weighted by Crippen LogP contribution is -2.42. The van der Waals surface area contributed by atoms with E-state index < -0.39 is 0 Å². The fourth-order valence-corrected chi connectivity index (χ4v) is 2.78. The Labute approximate surface area is 165 Å². The Morgan fingerprint density at radius 2 is 1.89 bits per heavy atom. The third-order valence-corrected chi connectivity index (χ3v) is 4.55. The second-order valence-corrected chi connectivity index (χ2v) is 8.25. The first-order valence-corrected chi connectivity index (χ1v) is 9.28. The number of benzene rings is 1. The van der Waals surface area contributed by atoms with E-state index in [1.165, 1.54) is 4.90 Å². The molecular formula is C20H27ClN4O2. The monoisotopic (exact) mass is 390 g/mol. The molecule has 1 N–H and O–H groups in total. The summed E-state index contributed by atoms with van der Waals surface area (Å²) in [5, 5.41) is 7.66. The molecule has 0 radical (unpaired) electrons. The van der Waals surface area contributed by atoms with E-state index in [2.05, 4.69) is 31.2 Å². The lowest BCUT2D eigenvalue weighted by atomic mass is 9.92. The largest absolute Gasteiger partial charge is 0.327 e. The lowest BCUT2D eigenvalue weighted by Gasteiger charge is -2.26. The molecule has 27 heavy (non-hydrogen) atoms. The van der Waals surface area contributed by atoms with E-state index in [-0.39, 0.29) is 29.8 Å². The van der Waals surface area contributed by atoms with Crippen LogP contribution in [-0.4, -0.2) is 39.1 Å². The van der Waals surface area contributed by atoms with E-state index in [4.69, 9.17) is 11.6 Å². The van der Waals surface area contributed by atoms with Crippen LogP contribution in [-0.2, 0) is 17.3 Å².